The molecule has 3 aromatic rings. The predicted octanol–water partition coefficient (Wildman–Crippen LogP) is 2.66. The molecule has 0 atom stereocenters. The summed E-state index contributed by atoms with van der Waals surface area (Å²) in [5, 5.41) is 5.24. The summed E-state index contributed by atoms with van der Waals surface area (Å²) in [7, 11) is 0. The molecule has 0 aliphatic rings. The Bertz CT molecular complexity index is 872. The Kier molecular flexibility index (Phi) is 5.63. The van der Waals surface area contributed by atoms with Gasteiger partial charge in [-0.15, -0.1) is 0 Å². The highest BCUT2D eigenvalue weighted by atomic mass is 16.2. The number of benzene rings is 1. The van der Waals surface area contributed by atoms with Crippen LogP contribution in [0.2, 0.25) is 0 Å². The number of nitrogens with two attached hydrogens (primary N) is 1. The van der Waals surface area contributed by atoms with Gasteiger partial charge in [0, 0.05) is 37.3 Å². The molecule has 0 bridgehead atoms. The van der Waals surface area contributed by atoms with Crippen LogP contribution in [0.5, 0.6) is 0 Å². The Morgan fingerprint density at radius 3 is 2.65 bits per heavy atom. The first-order valence-corrected chi connectivity index (χ1v) is 8.96. The van der Waals surface area contributed by atoms with Gasteiger partial charge >= 0.3 is 0 Å². The van der Waals surface area contributed by atoms with Crippen LogP contribution in [-0.4, -0.2) is 45.2 Å². The van der Waals surface area contributed by atoms with Crippen LogP contribution in [0, 0.1) is 0 Å². The van der Waals surface area contributed by atoms with Crippen LogP contribution in [0.15, 0.2) is 48.8 Å². The molecular formula is C20H25N5O. The zero-order chi connectivity index (χ0) is 18.5. The molecule has 6 heteroatoms. The summed E-state index contributed by atoms with van der Waals surface area (Å²) in [6.07, 6.45) is 4.20. The lowest BCUT2D eigenvalue weighted by molar-refractivity contribution is 0.0762. The first kappa shape index (κ1) is 18.1. The molecule has 2 N–H and O–H groups in total. The van der Waals surface area contributed by atoms with Crippen molar-refractivity contribution < 1.29 is 4.79 Å². The molecule has 1 amide bonds. The van der Waals surface area contributed by atoms with Gasteiger partial charge in [0.05, 0.1) is 11.8 Å². The molecule has 0 saturated carbocycles. The van der Waals surface area contributed by atoms with E-state index in [1.54, 1.807) is 17.3 Å². The highest BCUT2D eigenvalue weighted by molar-refractivity contribution is 5.96. The first-order chi connectivity index (χ1) is 12.6. The zero-order valence-electron chi connectivity index (χ0n) is 15.3. The van der Waals surface area contributed by atoms with Crippen molar-refractivity contribution in [1.29, 1.82) is 0 Å². The summed E-state index contributed by atoms with van der Waals surface area (Å²) < 4.78 is 1.86. The molecule has 2 heterocycles. The van der Waals surface area contributed by atoms with Gasteiger partial charge < -0.3 is 10.6 Å². The summed E-state index contributed by atoms with van der Waals surface area (Å²) >= 11 is 0. The van der Waals surface area contributed by atoms with E-state index in [0.29, 0.717) is 25.2 Å². The van der Waals surface area contributed by atoms with Crippen LogP contribution in [0.4, 0.5) is 0 Å². The number of rotatable bonds is 7. The van der Waals surface area contributed by atoms with Gasteiger partial charge in [-0.05, 0) is 31.9 Å². The van der Waals surface area contributed by atoms with Crippen LogP contribution in [0.3, 0.4) is 0 Å². The summed E-state index contributed by atoms with van der Waals surface area (Å²) in [4.78, 5) is 19.2. The van der Waals surface area contributed by atoms with E-state index in [-0.39, 0.29) is 11.9 Å². The van der Waals surface area contributed by atoms with E-state index in [1.807, 2.05) is 28.9 Å². The number of hydrogen-bond donors (Lipinski definition) is 1. The van der Waals surface area contributed by atoms with Gasteiger partial charge in [-0.2, -0.15) is 5.10 Å². The Morgan fingerprint density at radius 2 is 1.96 bits per heavy atom. The van der Waals surface area contributed by atoms with Crippen LogP contribution in [-0.2, 0) is 6.42 Å². The van der Waals surface area contributed by atoms with Gasteiger partial charge in [-0.25, -0.2) is 9.67 Å². The van der Waals surface area contributed by atoms with Crippen molar-refractivity contribution in [3.63, 3.8) is 0 Å². The fourth-order valence-corrected chi connectivity index (χ4v) is 3.00. The van der Waals surface area contributed by atoms with Gasteiger partial charge in [-0.1, -0.05) is 30.3 Å². The lowest BCUT2D eigenvalue weighted by Gasteiger charge is -2.22. The molecule has 1 aromatic carbocycles. The van der Waals surface area contributed by atoms with Gasteiger partial charge in [0.2, 0.25) is 0 Å². The topological polar surface area (TPSA) is 77.0 Å². The average molecular weight is 351 g/mol. The number of nitrogens with zero attached hydrogens (tertiary/aromatic N) is 4. The number of pyridine rings is 1. The van der Waals surface area contributed by atoms with E-state index in [1.165, 1.54) is 5.56 Å². The van der Waals surface area contributed by atoms with E-state index < -0.39 is 0 Å². The molecule has 0 fully saturated rings. The Balaban J connectivity index is 1.79. The van der Waals surface area contributed by atoms with Crippen LogP contribution >= 0.6 is 0 Å². The quantitative estimate of drug-likeness (QED) is 0.710. The second-order valence-corrected chi connectivity index (χ2v) is 6.64. The molecule has 0 aliphatic carbocycles. The maximum absolute atomic E-state index is 12.9. The van der Waals surface area contributed by atoms with Crippen molar-refractivity contribution in [3.8, 4) is 0 Å². The largest absolute Gasteiger partial charge is 0.337 e. The van der Waals surface area contributed by atoms with Crippen LogP contribution in [0.25, 0.3) is 11.0 Å². The first-order valence-electron chi connectivity index (χ1n) is 8.96. The fraction of sp³-hybridized carbons (Fsp3) is 0.350. The molecule has 0 aliphatic heterocycles. The number of aromatic nitrogens is 3. The SMILES string of the molecule is CC(C)n1ncc2cc(C(=O)N(CCN)CCc3ccccc3)cnc21. The second-order valence-electron chi connectivity index (χ2n) is 6.64. The third kappa shape index (κ3) is 3.91. The van der Waals surface area contributed by atoms with E-state index in [0.717, 1.165) is 17.5 Å². The monoisotopic (exact) mass is 351 g/mol. The molecule has 3 rings (SSSR count). The van der Waals surface area contributed by atoms with Crippen molar-refractivity contribution in [2.45, 2.75) is 26.3 Å². The van der Waals surface area contributed by atoms with Crippen molar-refractivity contribution in [3.05, 3.63) is 59.9 Å². The highest BCUT2D eigenvalue weighted by Crippen LogP contribution is 2.17. The molecule has 0 saturated heterocycles. The van der Waals surface area contributed by atoms with Crippen molar-refractivity contribution in [2.75, 3.05) is 19.6 Å². The minimum Gasteiger partial charge on any atom is -0.337 e. The number of fused-ring (bicyclic) bond motifs is 1. The fourth-order valence-electron chi connectivity index (χ4n) is 3.00. The summed E-state index contributed by atoms with van der Waals surface area (Å²) in [6.45, 7) is 5.69. The molecule has 136 valence electrons. The molecular weight excluding hydrogens is 326 g/mol. The smallest absolute Gasteiger partial charge is 0.255 e. The van der Waals surface area contributed by atoms with Crippen molar-refractivity contribution >= 4 is 16.9 Å². The van der Waals surface area contributed by atoms with Crippen molar-refractivity contribution in [2.24, 2.45) is 5.73 Å². The van der Waals surface area contributed by atoms with Gasteiger partial charge in [0.1, 0.15) is 0 Å². The molecule has 0 spiro atoms. The highest BCUT2D eigenvalue weighted by Gasteiger charge is 2.17. The van der Waals surface area contributed by atoms with Gasteiger partial charge in [-0.3, -0.25) is 4.79 Å². The minimum atomic E-state index is -0.0434. The lowest BCUT2D eigenvalue weighted by atomic mass is 10.1. The van der Waals surface area contributed by atoms with Gasteiger partial charge in [0.25, 0.3) is 5.91 Å². The average Bonchev–Trinajstić information content (AvgIpc) is 3.09. The number of amides is 1. The Morgan fingerprint density at radius 1 is 1.19 bits per heavy atom. The van der Waals surface area contributed by atoms with Crippen LogP contribution in [0.1, 0.15) is 35.8 Å². The molecule has 0 radical (unpaired) electrons. The number of carbonyl (C=O) groups excluding carboxylic acids is 1. The normalized spacial score (nSPS) is 11.2. The summed E-state index contributed by atoms with van der Waals surface area (Å²) in [5.74, 6) is -0.0434. The maximum Gasteiger partial charge on any atom is 0.255 e. The molecule has 6 nitrogen and oxygen atoms in total. The molecule has 0 unspecified atom stereocenters. The zero-order valence-corrected chi connectivity index (χ0v) is 15.3. The number of hydrogen-bond acceptors (Lipinski definition) is 4. The standard InChI is InChI=1S/C20H25N5O/c1-15(2)25-19-17(14-23-25)12-18(13-22-19)20(26)24(11-9-21)10-8-16-6-4-3-5-7-16/h3-7,12-15H,8-11,21H2,1-2H3. The maximum atomic E-state index is 12.9. The van der Waals surface area contributed by atoms with Crippen molar-refractivity contribution in [1.82, 2.24) is 19.7 Å². The lowest BCUT2D eigenvalue weighted by Crippen LogP contribution is -2.37. The Hall–Kier alpha value is -2.73. The summed E-state index contributed by atoms with van der Waals surface area (Å²) in [5.41, 5.74) is 8.29. The van der Waals surface area contributed by atoms with E-state index in [9.17, 15) is 4.79 Å². The molecule has 26 heavy (non-hydrogen) atoms. The molecule has 2 aromatic heterocycles. The predicted molar refractivity (Wildman–Crippen MR) is 103 cm³/mol. The van der Waals surface area contributed by atoms with E-state index in [4.69, 9.17) is 5.73 Å². The third-order valence-electron chi connectivity index (χ3n) is 4.37. The second kappa shape index (κ2) is 8.10. The van der Waals surface area contributed by atoms with E-state index >= 15 is 0 Å². The van der Waals surface area contributed by atoms with E-state index in [2.05, 4.69) is 36.1 Å². The Labute approximate surface area is 153 Å². The third-order valence-corrected chi connectivity index (χ3v) is 4.37. The number of carbonyl (C=O) groups is 1. The van der Waals surface area contributed by atoms with Gasteiger partial charge in [0.15, 0.2) is 5.65 Å². The van der Waals surface area contributed by atoms with Crippen LogP contribution < -0.4 is 5.73 Å². The minimum absolute atomic E-state index is 0.0434. The summed E-state index contributed by atoms with van der Waals surface area (Å²) in [6, 6.07) is 12.2.